The van der Waals surface area contributed by atoms with Crippen LogP contribution in [0.25, 0.3) is 0 Å². The second-order valence-electron chi connectivity index (χ2n) is 6.41. The van der Waals surface area contributed by atoms with E-state index in [4.69, 9.17) is 4.42 Å². The Kier molecular flexibility index (Phi) is 3.98. The molecule has 5 heteroatoms. The highest BCUT2D eigenvalue weighted by molar-refractivity contribution is 7.89. The Balaban J connectivity index is 1.68. The van der Waals surface area contributed by atoms with Gasteiger partial charge in [0, 0.05) is 0 Å². The number of benzene rings is 2. The molecule has 1 aliphatic rings. The topological polar surface area (TPSA) is 50.3 Å². The summed E-state index contributed by atoms with van der Waals surface area (Å²) in [6, 6.07) is 18.5. The number of hydrogen-bond acceptors (Lipinski definition) is 3. The minimum absolute atomic E-state index is 0.0914. The van der Waals surface area contributed by atoms with Crippen molar-refractivity contribution in [1.29, 1.82) is 0 Å². The Morgan fingerprint density at radius 3 is 2.36 bits per heavy atom. The van der Waals surface area contributed by atoms with E-state index >= 15 is 0 Å². The van der Waals surface area contributed by atoms with Gasteiger partial charge < -0.3 is 4.42 Å². The minimum atomic E-state index is -3.53. The van der Waals surface area contributed by atoms with Gasteiger partial charge in [0.05, 0.1) is 29.5 Å². The van der Waals surface area contributed by atoms with Crippen molar-refractivity contribution in [3.8, 4) is 0 Å². The molecule has 1 unspecified atom stereocenters. The highest BCUT2D eigenvalue weighted by atomic mass is 32.2. The molecule has 25 heavy (non-hydrogen) atoms. The van der Waals surface area contributed by atoms with Gasteiger partial charge in [-0.25, -0.2) is 8.42 Å². The zero-order chi connectivity index (χ0) is 17.4. The van der Waals surface area contributed by atoms with Gasteiger partial charge in [0.1, 0.15) is 0 Å². The van der Waals surface area contributed by atoms with E-state index in [0.29, 0.717) is 11.3 Å². The lowest BCUT2D eigenvalue weighted by Gasteiger charge is -2.07. The molecular formula is C20H19NO3S. The maximum atomic E-state index is 13.1. The average Bonchev–Trinajstić information content (AvgIpc) is 3.10. The quantitative estimate of drug-likeness (QED) is 0.653. The molecule has 4 nitrogen and oxygen atoms in total. The van der Waals surface area contributed by atoms with Crippen LogP contribution in [-0.2, 0) is 16.4 Å². The van der Waals surface area contributed by atoms with E-state index in [1.54, 1.807) is 29.0 Å². The lowest BCUT2D eigenvalue weighted by molar-refractivity contribution is 0.543. The maximum absolute atomic E-state index is 13.1. The Hall–Kier alpha value is -2.37. The van der Waals surface area contributed by atoms with Crippen LogP contribution in [0.5, 0.6) is 0 Å². The van der Waals surface area contributed by atoms with Crippen LogP contribution in [-0.4, -0.2) is 18.8 Å². The molecule has 3 atom stereocenters. The van der Waals surface area contributed by atoms with Crippen molar-refractivity contribution in [1.82, 2.24) is 4.31 Å². The third-order valence-electron chi connectivity index (χ3n) is 4.64. The predicted octanol–water partition coefficient (Wildman–Crippen LogP) is 3.94. The summed E-state index contributed by atoms with van der Waals surface area (Å²) in [7, 11) is -3.53. The standard InChI is InChI=1S/C20H19NO3S/c1-15-7-9-18(10-8-15)25(22,23)21-19(13-16-11-12-24-14-16)20(21)17-5-3-2-4-6-17/h2-12,14,19-20H,13H2,1H3/t19-,20+,21?/m0/s1. The molecule has 0 N–H and O–H groups in total. The molecule has 128 valence electrons. The van der Waals surface area contributed by atoms with Crippen LogP contribution < -0.4 is 0 Å². The summed E-state index contributed by atoms with van der Waals surface area (Å²) in [5.74, 6) is 0. The van der Waals surface area contributed by atoms with Gasteiger partial charge in [0.15, 0.2) is 0 Å². The third-order valence-corrected chi connectivity index (χ3v) is 6.56. The van der Waals surface area contributed by atoms with E-state index in [2.05, 4.69) is 0 Å². The first-order chi connectivity index (χ1) is 12.1. The van der Waals surface area contributed by atoms with Crippen LogP contribution in [0.3, 0.4) is 0 Å². The smallest absolute Gasteiger partial charge is 0.244 e. The summed E-state index contributed by atoms with van der Waals surface area (Å²) >= 11 is 0. The molecule has 4 rings (SSSR count). The molecule has 1 saturated heterocycles. The van der Waals surface area contributed by atoms with Crippen molar-refractivity contribution in [2.45, 2.75) is 30.3 Å². The van der Waals surface area contributed by atoms with Crippen LogP contribution in [0.1, 0.15) is 22.7 Å². The van der Waals surface area contributed by atoms with Crippen molar-refractivity contribution in [2.75, 3.05) is 0 Å². The first-order valence-electron chi connectivity index (χ1n) is 8.23. The normalized spacial score (nSPS) is 22.7. The monoisotopic (exact) mass is 353 g/mol. The Morgan fingerprint density at radius 2 is 1.72 bits per heavy atom. The fourth-order valence-corrected chi connectivity index (χ4v) is 5.06. The van der Waals surface area contributed by atoms with Crippen molar-refractivity contribution in [2.24, 2.45) is 0 Å². The third kappa shape index (κ3) is 3.01. The number of aryl methyl sites for hydroxylation is 1. The summed E-state index contributed by atoms with van der Waals surface area (Å²) in [5.41, 5.74) is 3.07. The molecule has 1 aliphatic heterocycles. The van der Waals surface area contributed by atoms with Gasteiger partial charge in [0.25, 0.3) is 0 Å². The molecule has 0 saturated carbocycles. The number of sulfonamides is 1. The summed E-state index contributed by atoms with van der Waals surface area (Å²) in [6.07, 6.45) is 3.94. The van der Waals surface area contributed by atoms with Gasteiger partial charge in [-0.2, -0.15) is 4.31 Å². The molecule has 3 aromatic rings. The SMILES string of the molecule is Cc1ccc(S(=O)(=O)N2[C@H](c3ccccc3)[C@@H]2Cc2ccoc2)cc1. The van der Waals surface area contributed by atoms with Crippen molar-refractivity contribution < 1.29 is 12.8 Å². The van der Waals surface area contributed by atoms with Gasteiger partial charge in [-0.05, 0) is 42.7 Å². The fourth-order valence-electron chi connectivity index (χ4n) is 3.29. The minimum Gasteiger partial charge on any atom is -0.472 e. The molecule has 0 radical (unpaired) electrons. The molecule has 2 aromatic carbocycles. The lowest BCUT2D eigenvalue weighted by Crippen LogP contribution is -2.16. The van der Waals surface area contributed by atoms with Crippen molar-refractivity contribution >= 4 is 10.0 Å². The summed E-state index contributed by atoms with van der Waals surface area (Å²) in [6.45, 7) is 1.95. The van der Waals surface area contributed by atoms with E-state index in [-0.39, 0.29) is 12.1 Å². The van der Waals surface area contributed by atoms with Crippen LogP contribution in [0, 0.1) is 6.92 Å². The van der Waals surface area contributed by atoms with E-state index in [0.717, 1.165) is 16.7 Å². The molecule has 0 amide bonds. The number of nitrogens with zero attached hydrogens (tertiary/aromatic N) is 1. The maximum Gasteiger partial charge on any atom is 0.244 e. The first-order valence-corrected chi connectivity index (χ1v) is 9.67. The van der Waals surface area contributed by atoms with Crippen molar-refractivity contribution in [3.05, 3.63) is 89.9 Å². The van der Waals surface area contributed by atoms with E-state index in [1.807, 2.05) is 55.5 Å². The highest BCUT2D eigenvalue weighted by Crippen LogP contribution is 2.49. The van der Waals surface area contributed by atoms with Gasteiger partial charge >= 0.3 is 0 Å². The number of furan rings is 1. The van der Waals surface area contributed by atoms with E-state index in [1.165, 1.54) is 0 Å². The van der Waals surface area contributed by atoms with Gasteiger partial charge in [-0.3, -0.25) is 0 Å². The zero-order valence-corrected chi connectivity index (χ0v) is 14.7. The molecule has 0 bridgehead atoms. The Labute approximate surface area is 147 Å². The predicted molar refractivity (Wildman–Crippen MR) is 95.6 cm³/mol. The van der Waals surface area contributed by atoms with Gasteiger partial charge in [-0.1, -0.05) is 48.0 Å². The van der Waals surface area contributed by atoms with Crippen LogP contribution in [0.2, 0.25) is 0 Å². The highest BCUT2D eigenvalue weighted by Gasteiger charge is 2.55. The number of rotatable bonds is 5. The number of hydrogen-bond donors (Lipinski definition) is 0. The molecule has 0 aliphatic carbocycles. The molecule has 0 spiro atoms. The molecular weight excluding hydrogens is 334 g/mol. The Morgan fingerprint density at radius 1 is 1.00 bits per heavy atom. The fraction of sp³-hybridized carbons (Fsp3) is 0.200. The van der Waals surface area contributed by atoms with Gasteiger partial charge in [-0.15, -0.1) is 0 Å². The van der Waals surface area contributed by atoms with Crippen LogP contribution in [0.15, 0.2) is 82.5 Å². The largest absolute Gasteiger partial charge is 0.472 e. The van der Waals surface area contributed by atoms with Crippen molar-refractivity contribution in [3.63, 3.8) is 0 Å². The summed E-state index contributed by atoms with van der Waals surface area (Å²) < 4.78 is 33.0. The molecule has 2 heterocycles. The average molecular weight is 353 g/mol. The second-order valence-corrected chi connectivity index (χ2v) is 8.25. The van der Waals surface area contributed by atoms with Crippen LogP contribution >= 0.6 is 0 Å². The summed E-state index contributed by atoms with van der Waals surface area (Å²) in [4.78, 5) is 0.341. The molecule has 1 aromatic heterocycles. The van der Waals surface area contributed by atoms with E-state index < -0.39 is 10.0 Å². The second kappa shape index (κ2) is 6.17. The first kappa shape index (κ1) is 16.1. The van der Waals surface area contributed by atoms with Crippen LogP contribution in [0.4, 0.5) is 0 Å². The summed E-state index contributed by atoms with van der Waals surface area (Å²) in [5, 5.41) is 0. The lowest BCUT2D eigenvalue weighted by atomic mass is 10.1. The van der Waals surface area contributed by atoms with E-state index in [9.17, 15) is 8.42 Å². The Bertz CT molecular complexity index is 948. The van der Waals surface area contributed by atoms with Gasteiger partial charge in [0.2, 0.25) is 10.0 Å². The zero-order valence-electron chi connectivity index (χ0n) is 13.9. The molecule has 1 fully saturated rings.